The van der Waals surface area contributed by atoms with Crippen LogP contribution < -0.4 is 21.5 Å². The molecule has 3 aliphatic rings. The number of aryl methyl sites for hydroxylation is 1. The molecule has 22 heteroatoms. The second kappa shape index (κ2) is 27.2. The molecule has 4 atom stereocenters. The molecule has 5 heterocycles. The Balaban J connectivity index is 1.08. The zero-order valence-electron chi connectivity index (χ0n) is 46.0. The van der Waals surface area contributed by atoms with Crippen molar-refractivity contribution >= 4 is 52.6 Å². The van der Waals surface area contributed by atoms with Gasteiger partial charge in [0.05, 0.1) is 81.7 Å². The summed E-state index contributed by atoms with van der Waals surface area (Å²) in [6.07, 6.45) is 0.544. The first kappa shape index (κ1) is 59.7. The van der Waals surface area contributed by atoms with Crippen LogP contribution in [0.3, 0.4) is 0 Å². The van der Waals surface area contributed by atoms with E-state index in [9.17, 15) is 38.4 Å². The van der Waals surface area contributed by atoms with Crippen LogP contribution in [-0.4, -0.2) is 165 Å². The number of pyridine rings is 2. The normalized spacial score (nSPS) is 17.5. The molecule has 0 bridgehead atoms. The van der Waals surface area contributed by atoms with Gasteiger partial charge in [-0.3, -0.25) is 24.0 Å². The molecule has 0 saturated carbocycles. The second-order valence-corrected chi connectivity index (χ2v) is 20.9. The van der Waals surface area contributed by atoms with Crippen molar-refractivity contribution in [1.29, 1.82) is 0 Å². The van der Waals surface area contributed by atoms with Gasteiger partial charge < -0.3 is 63.5 Å². The molecule has 3 aromatic rings. The van der Waals surface area contributed by atoms with Crippen LogP contribution in [0.5, 0.6) is 0 Å². The molecule has 1 aromatic carbocycles. The van der Waals surface area contributed by atoms with Crippen LogP contribution >= 0.6 is 0 Å². The van der Waals surface area contributed by atoms with E-state index in [2.05, 4.69) is 16.0 Å². The van der Waals surface area contributed by atoms with Crippen LogP contribution in [0.15, 0.2) is 35.1 Å². The molecule has 3 N–H and O–H groups in total. The molecule has 4 amide bonds. The monoisotopic (exact) mass is 1080 g/mol. The van der Waals surface area contributed by atoms with E-state index < -0.39 is 88.9 Å². The van der Waals surface area contributed by atoms with Crippen LogP contribution in [0.25, 0.3) is 22.3 Å². The van der Waals surface area contributed by atoms with Gasteiger partial charge in [-0.25, -0.2) is 19.4 Å². The number of hydrogen-bond acceptors (Lipinski definition) is 17. The van der Waals surface area contributed by atoms with Crippen molar-refractivity contribution in [3.8, 4) is 11.4 Å². The van der Waals surface area contributed by atoms with E-state index in [1.165, 1.54) is 4.90 Å². The van der Waals surface area contributed by atoms with Gasteiger partial charge >= 0.3 is 24.0 Å². The number of nitrogens with zero attached hydrogens (tertiary/aromatic N) is 4. The van der Waals surface area contributed by atoms with Crippen molar-refractivity contribution in [2.24, 2.45) is 5.92 Å². The summed E-state index contributed by atoms with van der Waals surface area (Å²) in [5, 5.41) is 9.02. The number of nitrogens with one attached hydrogen (secondary N) is 3. The summed E-state index contributed by atoms with van der Waals surface area (Å²) in [4.78, 5) is 118. The second-order valence-electron chi connectivity index (χ2n) is 20.9. The lowest BCUT2D eigenvalue weighted by Crippen LogP contribution is -2.57. The fourth-order valence-electron chi connectivity index (χ4n) is 9.66. The van der Waals surface area contributed by atoms with Gasteiger partial charge in [0.15, 0.2) is 0 Å². The number of aromatic nitrogens is 2. The Morgan fingerprint density at radius 2 is 1.62 bits per heavy atom. The molecule has 1 fully saturated rings. The van der Waals surface area contributed by atoms with Gasteiger partial charge in [-0.1, -0.05) is 45.9 Å². The largest absolute Gasteiger partial charge is 0.466 e. The minimum Gasteiger partial charge on any atom is -0.466 e. The number of amides is 4. The topological polar surface area (TPSA) is 262 Å². The lowest BCUT2D eigenvalue weighted by atomic mass is 9.85. The van der Waals surface area contributed by atoms with Crippen LogP contribution in [0.4, 0.5) is 4.79 Å². The maximum Gasteiger partial charge on any atom is 0.407 e. The van der Waals surface area contributed by atoms with Crippen LogP contribution in [0.2, 0.25) is 0 Å². The van der Waals surface area contributed by atoms with Gasteiger partial charge in [-0.05, 0) is 90.6 Å². The van der Waals surface area contributed by atoms with E-state index in [4.69, 9.17) is 38.1 Å². The number of alkyl carbamates (subject to hydrolysis) is 1. The summed E-state index contributed by atoms with van der Waals surface area (Å²) in [6, 6.07) is 5.62. The standard InChI is InChI=1S/C55H77N7O15/c1-10-35-36-16-12-13-17-40(36)58-47-37(35)32-62-43(47)30-39-38(49(62)66)33-75-52(69)55(39,11-2)76-51(68)46(34(3)4)59-48(65)42-18-14-22-61(42)50(67)41(31-45(64)74-23-15-21-60(8)9)57-44(63)19-24-71-26-28-73-29-27-72-25-20-56-53(70)77-54(5,6)7/h12-13,16-17,30,34,41-42,46H,10-11,14-15,18-29,31-33H2,1-9H3,(H,56,70)(H,57,63)(H,59,65)/t41-,42-,46-,55-/m0/s1. The summed E-state index contributed by atoms with van der Waals surface area (Å²) in [7, 11) is 3.76. The lowest BCUT2D eigenvalue weighted by molar-refractivity contribution is -0.191. The van der Waals surface area contributed by atoms with Gasteiger partial charge in [0.1, 0.15) is 30.3 Å². The van der Waals surface area contributed by atoms with Gasteiger partial charge in [-0.2, -0.15) is 0 Å². The summed E-state index contributed by atoms with van der Waals surface area (Å²) in [6.45, 7) is 14.6. The molecule has 6 rings (SSSR count). The fourth-order valence-corrected chi connectivity index (χ4v) is 9.66. The van der Waals surface area contributed by atoms with Gasteiger partial charge in [0, 0.05) is 42.6 Å². The number of cyclic esters (lactones) is 1. The predicted molar refractivity (Wildman–Crippen MR) is 281 cm³/mol. The summed E-state index contributed by atoms with van der Waals surface area (Å²) < 4.78 is 40.6. The minimum atomic E-state index is -2.05. The van der Waals surface area contributed by atoms with E-state index >= 15 is 0 Å². The Bertz CT molecular complexity index is 2680. The van der Waals surface area contributed by atoms with Gasteiger partial charge in [0.25, 0.3) is 5.56 Å². The van der Waals surface area contributed by atoms with E-state index in [1.807, 2.05) is 50.2 Å². The third kappa shape index (κ3) is 15.2. The Labute approximate surface area is 449 Å². The SMILES string of the molecule is CCc1c2c(nc3ccccc13)-c1cc3c(c(=O)n1C2)COC(=O)[C@@]3(CC)OC(=O)[C@@H](NC(=O)[C@@H]1CCCN1C(=O)[C@H](CC(=O)OCCCN(C)C)NC(=O)CCOCCOCCOCCNC(=O)OC(C)(C)C)C(C)C. The number of hydrogen-bond donors (Lipinski definition) is 3. The Kier molecular flexibility index (Phi) is 21.1. The first-order valence-electron chi connectivity index (χ1n) is 26.7. The Morgan fingerprint density at radius 1 is 0.922 bits per heavy atom. The number of rotatable bonds is 27. The molecule has 3 aliphatic heterocycles. The van der Waals surface area contributed by atoms with Crippen molar-refractivity contribution in [3.63, 3.8) is 0 Å². The molecular formula is C55H77N7O15. The molecule has 0 aliphatic carbocycles. The zero-order valence-corrected chi connectivity index (χ0v) is 46.0. The smallest absolute Gasteiger partial charge is 0.407 e. The highest BCUT2D eigenvalue weighted by Gasteiger charge is 2.52. The summed E-state index contributed by atoms with van der Waals surface area (Å²) in [5.74, 6) is -5.09. The summed E-state index contributed by atoms with van der Waals surface area (Å²) >= 11 is 0. The highest BCUT2D eigenvalue weighted by molar-refractivity contribution is 5.96. The van der Waals surface area contributed by atoms with Gasteiger partial charge in [0.2, 0.25) is 23.3 Å². The first-order chi connectivity index (χ1) is 36.7. The van der Waals surface area contributed by atoms with E-state index in [1.54, 1.807) is 52.2 Å². The van der Waals surface area contributed by atoms with Crippen molar-refractivity contribution in [3.05, 3.63) is 62.9 Å². The van der Waals surface area contributed by atoms with E-state index in [0.717, 1.165) is 22.0 Å². The fraction of sp³-hybridized carbons (Fsp3) is 0.618. The number of benzene rings is 1. The number of likely N-dealkylation sites (tertiary alicyclic amines) is 1. The predicted octanol–water partition coefficient (Wildman–Crippen LogP) is 3.66. The van der Waals surface area contributed by atoms with Gasteiger partial charge in [-0.15, -0.1) is 0 Å². The lowest BCUT2D eigenvalue weighted by Gasteiger charge is -2.37. The zero-order chi connectivity index (χ0) is 56.0. The number of esters is 3. The quantitative estimate of drug-likeness (QED) is 0.0437. The number of carbonyl (C=O) groups excluding carboxylic acids is 7. The number of ether oxygens (including phenoxy) is 7. The molecule has 0 radical (unpaired) electrons. The molecule has 422 valence electrons. The van der Waals surface area contributed by atoms with Crippen LogP contribution in [0, 0.1) is 5.92 Å². The number of fused-ring (bicyclic) bond motifs is 5. The molecule has 0 unspecified atom stereocenters. The highest BCUT2D eigenvalue weighted by Crippen LogP contribution is 2.42. The Hall–Kier alpha value is -6.49. The molecule has 77 heavy (non-hydrogen) atoms. The van der Waals surface area contributed by atoms with Crippen LogP contribution in [-0.2, 0) is 87.1 Å². The Morgan fingerprint density at radius 3 is 2.30 bits per heavy atom. The van der Waals surface area contributed by atoms with Crippen molar-refractivity contribution in [2.75, 3.05) is 80.0 Å². The minimum absolute atomic E-state index is 0.0242. The first-order valence-corrected chi connectivity index (χ1v) is 26.7. The average molecular weight is 1080 g/mol. The van der Waals surface area contributed by atoms with Crippen molar-refractivity contribution < 1.29 is 66.7 Å². The molecule has 2 aromatic heterocycles. The van der Waals surface area contributed by atoms with Crippen molar-refractivity contribution in [1.82, 2.24) is 35.3 Å². The van der Waals surface area contributed by atoms with Crippen LogP contribution in [0.1, 0.15) is 109 Å². The number of para-hydroxylation sites is 1. The molecule has 1 saturated heterocycles. The maximum absolute atomic E-state index is 14.5. The van der Waals surface area contributed by atoms with E-state index in [-0.39, 0.29) is 103 Å². The third-order valence-electron chi connectivity index (χ3n) is 13.5. The number of carbonyl (C=O) groups is 7. The molecule has 0 spiro atoms. The van der Waals surface area contributed by atoms with E-state index in [0.29, 0.717) is 37.2 Å². The maximum atomic E-state index is 14.5. The highest BCUT2D eigenvalue weighted by atomic mass is 16.6. The van der Waals surface area contributed by atoms with Crippen molar-refractivity contribution in [2.45, 2.75) is 136 Å². The molecule has 22 nitrogen and oxygen atoms in total. The third-order valence-corrected chi connectivity index (χ3v) is 13.5. The summed E-state index contributed by atoms with van der Waals surface area (Å²) in [5.41, 5.74) is 1.12. The average Bonchev–Trinajstić information content (AvgIpc) is 4.07. The molecular weight excluding hydrogens is 999 g/mol.